The first-order valence-electron chi connectivity index (χ1n) is 5.51. The SMILES string of the molecule is CC1(NC(=O)c2ccccc2)C(=O)NC(=S)N=C1N. The Balaban J connectivity index is 2.27. The number of carbonyl (C=O) groups is 2. The zero-order valence-electron chi connectivity index (χ0n) is 10.1. The van der Waals surface area contributed by atoms with Gasteiger partial charge in [0.15, 0.2) is 5.54 Å². The average molecular weight is 276 g/mol. The summed E-state index contributed by atoms with van der Waals surface area (Å²) in [4.78, 5) is 27.8. The first-order valence-corrected chi connectivity index (χ1v) is 5.92. The second-order valence-corrected chi connectivity index (χ2v) is 4.59. The number of amides is 2. The van der Waals surface area contributed by atoms with E-state index in [1.807, 2.05) is 0 Å². The van der Waals surface area contributed by atoms with Crippen molar-refractivity contribution in [2.24, 2.45) is 10.7 Å². The number of hydrogen-bond acceptors (Lipinski definition) is 4. The fourth-order valence-electron chi connectivity index (χ4n) is 1.60. The van der Waals surface area contributed by atoms with Gasteiger partial charge in [0.25, 0.3) is 11.8 Å². The summed E-state index contributed by atoms with van der Waals surface area (Å²) in [6.45, 7) is 1.48. The summed E-state index contributed by atoms with van der Waals surface area (Å²) in [5.41, 5.74) is 4.73. The first-order chi connectivity index (χ1) is 8.93. The van der Waals surface area contributed by atoms with Gasteiger partial charge in [-0.1, -0.05) is 18.2 Å². The molecule has 1 aliphatic rings. The Hall–Kier alpha value is -2.28. The fourth-order valence-corrected chi connectivity index (χ4v) is 1.79. The highest BCUT2D eigenvalue weighted by atomic mass is 32.1. The van der Waals surface area contributed by atoms with E-state index in [9.17, 15) is 9.59 Å². The molecule has 0 spiro atoms. The monoisotopic (exact) mass is 276 g/mol. The Morgan fingerprint density at radius 1 is 1.42 bits per heavy atom. The smallest absolute Gasteiger partial charge is 0.259 e. The van der Waals surface area contributed by atoms with Gasteiger partial charge in [-0.2, -0.15) is 0 Å². The Bertz CT molecular complexity index is 585. The topological polar surface area (TPSA) is 96.6 Å². The number of amidine groups is 1. The third-order valence-corrected chi connectivity index (χ3v) is 3.00. The summed E-state index contributed by atoms with van der Waals surface area (Å²) >= 11 is 4.76. The summed E-state index contributed by atoms with van der Waals surface area (Å²) in [5, 5.41) is 4.93. The lowest BCUT2D eigenvalue weighted by Gasteiger charge is -2.31. The van der Waals surface area contributed by atoms with Gasteiger partial charge in [0.1, 0.15) is 5.84 Å². The lowest BCUT2D eigenvalue weighted by Crippen LogP contribution is -2.67. The summed E-state index contributed by atoms with van der Waals surface area (Å²) in [7, 11) is 0. The molecule has 0 aliphatic carbocycles. The van der Waals surface area contributed by atoms with E-state index in [-0.39, 0.29) is 10.9 Å². The van der Waals surface area contributed by atoms with Crippen LogP contribution < -0.4 is 16.4 Å². The Labute approximate surface area is 115 Å². The molecule has 1 aliphatic heterocycles. The number of nitrogens with one attached hydrogen (secondary N) is 2. The third kappa shape index (κ3) is 2.45. The van der Waals surface area contributed by atoms with Gasteiger partial charge >= 0.3 is 0 Å². The van der Waals surface area contributed by atoms with Crippen molar-refractivity contribution in [3.8, 4) is 0 Å². The molecule has 0 fully saturated rings. The largest absolute Gasteiger partial charge is 0.385 e. The molecule has 4 N–H and O–H groups in total. The molecule has 19 heavy (non-hydrogen) atoms. The predicted octanol–water partition coefficient (Wildman–Crippen LogP) is -0.0530. The molecular formula is C12H12N4O2S. The minimum absolute atomic E-state index is 0.00562. The highest BCUT2D eigenvalue weighted by molar-refractivity contribution is 7.80. The van der Waals surface area contributed by atoms with Crippen molar-refractivity contribution in [1.82, 2.24) is 10.6 Å². The van der Waals surface area contributed by atoms with E-state index in [0.29, 0.717) is 5.56 Å². The number of rotatable bonds is 2. The van der Waals surface area contributed by atoms with Crippen molar-refractivity contribution < 1.29 is 9.59 Å². The summed E-state index contributed by atoms with van der Waals surface area (Å²) in [6.07, 6.45) is 0. The molecule has 98 valence electrons. The van der Waals surface area contributed by atoms with E-state index in [1.54, 1.807) is 30.3 Å². The number of nitrogens with zero attached hydrogens (tertiary/aromatic N) is 1. The van der Waals surface area contributed by atoms with Crippen molar-refractivity contribution >= 4 is 35.0 Å². The zero-order chi connectivity index (χ0) is 14.0. The van der Waals surface area contributed by atoms with E-state index in [0.717, 1.165) is 0 Å². The van der Waals surface area contributed by atoms with Crippen LogP contribution >= 0.6 is 12.2 Å². The minimum atomic E-state index is -1.41. The zero-order valence-corrected chi connectivity index (χ0v) is 11.0. The van der Waals surface area contributed by atoms with Crippen LogP contribution in [0.4, 0.5) is 0 Å². The molecule has 0 bridgehead atoms. The van der Waals surface area contributed by atoms with Crippen LogP contribution in [0.25, 0.3) is 0 Å². The van der Waals surface area contributed by atoms with Crippen molar-refractivity contribution in [2.45, 2.75) is 12.5 Å². The van der Waals surface area contributed by atoms with Gasteiger partial charge < -0.3 is 11.1 Å². The van der Waals surface area contributed by atoms with Gasteiger partial charge in [-0.25, -0.2) is 4.99 Å². The first kappa shape index (κ1) is 13.2. The molecule has 2 amide bonds. The lowest BCUT2D eigenvalue weighted by molar-refractivity contribution is -0.123. The van der Waals surface area contributed by atoms with Gasteiger partial charge in [-0.3, -0.25) is 14.9 Å². The van der Waals surface area contributed by atoms with Crippen LogP contribution in [-0.4, -0.2) is 28.3 Å². The maximum atomic E-state index is 12.1. The predicted molar refractivity (Wildman–Crippen MR) is 74.7 cm³/mol. The Morgan fingerprint density at radius 3 is 2.63 bits per heavy atom. The molecule has 0 saturated heterocycles. The van der Waals surface area contributed by atoms with Gasteiger partial charge in [0.2, 0.25) is 5.11 Å². The minimum Gasteiger partial charge on any atom is -0.385 e. The van der Waals surface area contributed by atoms with Crippen LogP contribution in [0.3, 0.4) is 0 Å². The maximum absolute atomic E-state index is 12.1. The van der Waals surface area contributed by atoms with E-state index >= 15 is 0 Å². The van der Waals surface area contributed by atoms with Crippen LogP contribution in [0.5, 0.6) is 0 Å². The van der Waals surface area contributed by atoms with Gasteiger partial charge in [-0.15, -0.1) is 0 Å². The maximum Gasteiger partial charge on any atom is 0.259 e. The summed E-state index contributed by atoms with van der Waals surface area (Å²) < 4.78 is 0. The van der Waals surface area contributed by atoms with Gasteiger partial charge in [0.05, 0.1) is 0 Å². The summed E-state index contributed by atoms with van der Waals surface area (Å²) in [5.74, 6) is -0.955. The molecule has 1 atom stereocenters. The number of hydrogen-bond donors (Lipinski definition) is 3. The normalized spacial score (nSPS) is 22.5. The van der Waals surface area contributed by atoms with Crippen LogP contribution in [0.1, 0.15) is 17.3 Å². The molecule has 0 radical (unpaired) electrons. The number of nitrogens with two attached hydrogens (primary N) is 1. The number of carbonyl (C=O) groups excluding carboxylic acids is 2. The van der Waals surface area contributed by atoms with Gasteiger partial charge in [-0.05, 0) is 31.3 Å². The van der Waals surface area contributed by atoms with E-state index < -0.39 is 17.4 Å². The molecule has 0 aromatic heterocycles. The quantitative estimate of drug-likeness (QED) is 0.660. The molecule has 6 nitrogen and oxygen atoms in total. The molecule has 7 heteroatoms. The number of thiocarbonyl (C=S) groups is 1. The standard InChI is InChI=1S/C12H12N4O2S/c1-12(9(13)14-11(19)15-10(12)18)16-8(17)7-5-3-2-4-6-7/h2-6H,1H3,(H,16,17)(H3,13,14,15,18,19). The van der Waals surface area contributed by atoms with Crippen LogP contribution in [0, 0.1) is 0 Å². The van der Waals surface area contributed by atoms with Crippen LogP contribution in [-0.2, 0) is 4.79 Å². The van der Waals surface area contributed by atoms with Crippen molar-refractivity contribution in [3.05, 3.63) is 35.9 Å². The lowest BCUT2D eigenvalue weighted by atomic mass is 9.97. The van der Waals surface area contributed by atoms with E-state index in [1.165, 1.54) is 6.92 Å². The van der Waals surface area contributed by atoms with Crippen LogP contribution in [0.2, 0.25) is 0 Å². The van der Waals surface area contributed by atoms with E-state index in [2.05, 4.69) is 15.6 Å². The Kier molecular flexibility index (Phi) is 3.30. The van der Waals surface area contributed by atoms with Crippen molar-refractivity contribution in [1.29, 1.82) is 0 Å². The van der Waals surface area contributed by atoms with E-state index in [4.69, 9.17) is 18.0 Å². The molecule has 1 unspecified atom stereocenters. The average Bonchev–Trinajstić information content (AvgIpc) is 2.37. The van der Waals surface area contributed by atoms with Crippen LogP contribution in [0.15, 0.2) is 35.3 Å². The fraction of sp³-hybridized carbons (Fsp3) is 0.167. The van der Waals surface area contributed by atoms with Crippen molar-refractivity contribution in [2.75, 3.05) is 0 Å². The third-order valence-electron chi connectivity index (χ3n) is 2.81. The highest BCUT2D eigenvalue weighted by Gasteiger charge is 2.42. The molecule has 1 aromatic rings. The molecule has 1 aromatic carbocycles. The number of aliphatic imine (C=N–C) groups is 1. The molecular weight excluding hydrogens is 264 g/mol. The Morgan fingerprint density at radius 2 is 2.05 bits per heavy atom. The second kappa shape index (κ2) is 4.77. The molecule has 2 rings (SSSR count). The van der Waals surface area contributed by atoms with Crippen molar-refractivity contribution in [3.63, 3.8) is 0 Å². The van der Waals surface area contributed by atoms with Gasteiger partial charge in [0, 0.05) is 5.56 Å². The molecule has 1 heterocycles. The highest BCUT2D eigenvalue weighted by Crippen LogP contribution is 2.11. The summed E-state index contributed by atoms with van der Waals surface area (Å²) in [6, 6.07) is 8.52. The number of benzene rings is 1. The molecule has 0 saturated carbocycles. The second-order valence-electron chi connectivity index (χ2n) is 4.20.